The van der Waals surface area contributed by atoms with Gasteiger partial charge in [-0.15, -0.1) is 0 Å². The largest absolute Gasteiger partial charge is 0.350 e. The van der Waals surface area contributed by atoms with E-state index in [1.807, 2.05) is 45.0 Å². The number of hydrogen-bond donors (Lipinski definition) is 1. The van der Waals surface area contributed by atoms with Crippen molar-refractivity contribution in [3.05, 3.63) is 100 Å². The molecule has 0 unspecified atom stereocenters. The maximum Gasteiger partial charge on any atom is 0.282 e. The van der Waals surface area contributed by atoms with Gasteiger partial charge in [0.2, 0.25) is 0 Å². The molecule has 0 aliphatic carbocycles. The Morgan fingerprint density at radius 1 is 0.774 bits per heavy atom. The van der Waals surface area contributed by atoms with E-state index in [0.717, 1.165) is 34.9 Å². The van der Waals surface area contributed by atoms with Crippen molar-refractivity contribution in [2.45, 2.75) is 20.8 Å². The molecule has 0 fully saturated rings. The highest BCUT2D eigenvalue weighted by molar-refractivity contribution is 6.46. The number of imide groups is 1. The molecule has 0 radical (unpaired) electrons. The highest BCUT2D eigenvalue weighted by Crippen LogP contribution is 2.35. The molecule has 0 atom stereocenters. The number of nitrogens with one attached hydrogen (secondary N) is 1. The minimum Gasteiger partial charge on any atom is -0.350 e. The molecule has 6 heteroatoms. The zero-order valence-electron chi connectivity index (χ0n) is 17.3. The van der Waals surface area contributed by atoms with Crippen molar-refractivity contribution >= 4 is 28.8 Å². The zero-order chi connectivity index (χ0) is 22.3. The number of aryl methyl sites for hydroxylation is 3. The van der Waals surface area contributed by atoms with E-state index < -0.39 is 29.1 Å². The predicted octanol–water partition coefficient (Wildman–Crippen LogP) is 5.29. The summed E-state index contributed by atoms with van der Waals surface area (Å²) in [6.45, 7) is 5.81. The lowest BCUT2D eigenvalue weighted by Gasteiger charge is -2.16. The Morgan fingerprint density at radius 3 is 2.16 bits per heavy atom. The Balaban J connectivity index is 1.85. The second-order valence-corrected chi connectivity index (χ2v) is 7.58. The smallest absolute Gasteiger partial charge is 0.282 e. The van der Waals surface area contributed by atoms with Crippen molar-refractivity contribution in [3.63, 3.8) is 0 Å². The first kappa shape index (κ1) is 20.5. The molecule has 2 amide bonds. The molecular formula is C25H20F2N2O2. The Labute approximate surface area is 178 Å². The van der Waals surface area contributed by atoms with Gasteiger partial charge >= 0.3 is 0 Å². The molecule has 0 saturated heterocycles. The average molecular weight is 418 g/mol. The van der Waals surface area contributed by atoms with Gasteiger partial charge in [0.1, 0.15) is 17.3 Å². The van der Waals surface area contributed by atoms with Crippen molar-refractivity contribution in [1.29, 1.82) is 0 Å². The molecule has 1 aliphatic rings. The van der Waals surface area contributed by atoms with Crippen LogP contribution in [0.3, 0.4) is 0 Å². The summed E-state index contributed by atoms with van der Waals surface area (Å²) in [5.41, 5.74) is 3.89. The minimum absolute atomic E-state index is 0.0146. The molecule has 3 aromatic rings. The van der Waals surface area contributed by atoms with Crippen LogP contribution in [0.2, 0.25) is 0 Å². The fourth-order valence-electron chi connectivity index (χ4n) is 3.47. The van der Waals surface area contributed by atoms with Crippen LogP contribution in [0.4, 0.5) is 20.2 Å². The monoisotopic (exact) mass is 418 g/mol. The molecule has 156 valence electrons. The van der Waals surface area contributed by atoms with E-state index in [-0.39, 0.29) is 11.3 Å². The molecule has 1 heterocycles. The van der Waals surface area contributed by atoms with Crippen LogP contribution in [-0.4, -0.2) is 11.8 Å². The van der Waals surface area contributed by atoms with Crippen LogP contribution >= 0.6 is 0 Å². The first-order valence-electron chi connectivity index (χ1n) is 9.75. The summed E-state index contributed by atoms with van der Waals surface area (Å²) in [6, 6.07) is 15.3. The van der Waals surface area contributed by atoms with Crippen molar-refractivity contribution in [1.82, 2.24) is 0 Å². The lowest BCUT2D eigenvalue weighted by Crippen LogP contribution is -2.33. The maximum atomic E-state index is 14.5. The van der Waals surface area contributed by atoms with Crippen molar-refractivity contribution in [2.24, 2.45) is 0 Å². The van der Waals surface area contributed by atoms with E-state index in [9.17, 15) is 18.4 Å². The Morgan fingerprint density at radius 2 is 1.48 bits per heavy atom. The van der Waals surface area contributed by atoms with Crippen LogP contribution in [0.1, 0.15) is 22.3 Å². The van der Waals surface area contributed by atoms with Gasteiger partial charge in [0, 0.05) is 11.8 Å². The van der Waals surface area contributed by atoms with Crippen LogP contribution in [0, 0.1) is 32.4 Å². The van der Waals surface area contributed by atoms with Crippen molar-refractivity contribution < 1.29 is 18.4 Å². The minimum atomic E-state index is -0.862. The van der Waals surface area contributed by atoms with Crippen LogP contribution < -0.4 is 10.2 Å². The first-order chi connectivity index (χ1) is 14.8. The van der Waals surface area contributed by atoms with E-state index in [2.05, 4.69) is 5.32 Å². The van der Waals surface area contributed by atoms with Crippen molar-refractivity contribution in [3.8, 4) is 0 Å². The molecule has 0 saturated carbocycles. The molecule has 31 heavy (non-hydrogen) atoms. The predicted molar refractivity (Wildman–Crippen MR) is 116 cm³/mol. The number of carbonyl (C=O) groups is 2. The van der Waals surface area contributed by atoms with Crippen LogP contribution in [0.25, 0.3) is 5.57 Å². The Bertz CT molecular complexity index is 1250. The molecular weight excluding hydrogens is 398 g/mol. The highest BCUT2D eigenvalue weighted by Gasteiger charge is 2.41. The third-order valence-corrected chi connectivity index (χ3v) is 5.35. The summed E-state index contributed by atoms with van der Waals surface area (Å²) in [5.74, 6) is -3.07. The number of amides is 2. The third kappa shape index (κ3) is 3.72. The number of nitrogens with zero attached hydrogens (tertiary/aromatic N) is 1. The lowest BCUT2D eigenvalue weighted by molar-refractivity contribution is -0.120. The molecule has 1 aliphatic heterocycles. The Kier molecular flexibility index (Phi) is 5.15. The topological polar surface area (TPSA) is 49.4 Å². The average Bonchev–Trinajstić information content (AvgIpc) is 2.97. The standard InChI is InChI=1S/C25H20F2N2O2/c1-14-4-7-17(8-5-14)22-23(28-19-10-6-15(2)16(3)12-19)25(31)29(24(22)30)21-13-18(26)9-11-20(21)27/h4-13,28H,1-3H3. The molecule has 0 spiro atoms. The summed E-state index contributed by atoms with van der Waals surface area (Å²) in [7, 11) is 0. The highest BCUT2D eigenvalue weighted by atomic mass is 19.1. The fraction of sp³-hybridized carbons (Fsp3) is 0.120. The fourth-order valence-corrected chi connectivity index (χ4v) is 3.47. The van der Waals surface area contributed by atoms with Gasteiger partial charge in [0.05, 0.1) is 11.3 Å². The van der Waals surface area contributed by atoms with Gasteiger partial charge in [-0.3, -0.25) is 9.59 Å². The van der Waals surface area contributed by atoms with Gasteiger partial charge < -0.3 is 5.32 Å². The Hall–Kier alpha value is -3.80. The SMILES string of the molecule is Cc1ccc(C2=C(Nc3ccc(C)c(C)c3)C(=O)N(c3cc(F)ccc3F)C2=O)cc1. The maximum absolute atomic E-state index is 14.5. The summed E-state index contributed by atoms with van der Waals surface area (Å²) < 4.78 is 28.3. The van der Waals surface area contributed by atoms with E-state index in [4.69, 9.17) is 0 Å². The summed E-state index contributed by atoms with van der Waals surface area (Å²) in [6.07, 6.45) is 0. The quantitative estimate of drug-likeness (QED) is 0.586. The van der Waals surface area contributed by atoms with Crippen LogP contribution in [0.5, 0.6) is 0 Å². The van der Waals surface area contributed by atoms with Gasteiger partial charge in [-0.05, 0) is 61.7 Å². The number of rotatable bonds is 4. The molecule has 4 rings (SSSR count). The van der Waals surface area contributed by atoms with Gasteiger partial charge in [-0.1, -0.05) is 35.9 Å². The third-order valence-electron chi connectivity index (χ3n) is 5.35. The summed E-state index contributed by atoms with van der Waals surface area (Å²) >= 11 is 0. The second-order valence-electron chi connectivity index (χ2n) is 7.58. The van der Waals surface area contributed by atoms with Gasteiger partial charge in [-0.25, -0.2) is 13.7 Å². The number of halogens is 2. The molecule has 4 nitrogen and oxygen atoms in total. The summed E-state index contributed by atoms with van der Waals surface area (Å²) in [4.78, 5) is 27.3. The zero-order valence-corrected chi connectivity index (χ0v) is 17.3. The van der Waals surface area contributed by atoms with E-state index >= 15 is 0 Å². The first-order valence-corrected chi connectivity index (χ1v) is 9.75. The number of benzene rings is 3. The normalized spacial score (nSPS) is 13.9. The lowest BCUT2D eigenvalue weighted by atomic mass is 10.0. The number of carbonyl (C=O) groups excluding carboxylic acids is 2. The van der Waals surface area contributed by atoms with Crippen LogP contribution in [0.15, 0.2) is 66.4 Å². The van der Waals surface area contributed by atoms with E-state index in [1.54, 1.807) is 18.2 Å². The second kappa shape index (κ2) is 7.80. The van der Waals surface area contributed by atoms with Gasteiger partial charge in [0.15, 0.2) is 0 Å². The summed E-state index contributed by atoms with van der Waals surface area (Å²) in [5, 5.41) is 3.04. The van der Waals surface area contributed by atoms with E-state index in [0.29, 0.717) is 16.2 Å². The van der Waals surface area contributed by atoms with Crippen molar-refractivity contribution in [2.75, 3.05) is 10.2 Å². The molecule has 0 bridgehead atoms. The number of anilines is 2. The molecule has 0 aromatic heterocycles. The van der Waals surface area contributed by atoms with Gasteiger partial charge in [0.25, 0.3) is 11.8 Å². The molecule has 1 N–H and O–H groups in total. The number of hydrogen-bond acceptors (Lipinski definition) is 3. The van der Waals surface area contributed by atoms with E-state index in [1.165, 1.54) is 0 Å². The molecule has 3 aromatic carbocycles. The van der Waals surface area contributed by atoms with Gasteiger partial charge in [-0.2, -0.15) is 0 Å². The van der Waals surface area contributed by atoms with Crippen LogP contribution in [-0.2, 0) is 9.59 Å².